The van der Waals surface area contributed by atoms with Gasteiger partial charge >= 0.3 is 0 Å². The summed E-state index contributed by atoms with van der Waals surface area (Å²) >= 11 is 1.21. The van der Waals surface area contributed by atoms with Gasteiger partial charge in [-0.05, 0) is 31.2 Å². The van der Waals surface area contributed by atoms with Gasteiger partial charge in [-0.3, -0.25) is 19.3 Å². The van der Waals surface area contributed by atoms with Crippen molar-refractivity contribution >= 4 is 33.6 Å². The Balaban J connectivity index is 1.64. The van der Waals surface area contributed by atoms with Crippen LogP contribution in [0.4, 0.5) is 15.8 Å². The highest BCUT2D eigenvalue weighted by Gasteiger charge is 2.19. The number of nitrogens with one attached hydrogen (secondary N) is 1. The number of fused-ring (bicyclic) bond motifs is 1. The van der Waals surface area contributed by atoms with E-state index in [4.69, 9.17) is 0 Å². The molecule has 0 unspecified atom stereocenters. The first-order valence-corrected chi connectivity index (χ1v) is 9.04. The lowest BCUT2D eigenvalue weighted by atomic mass is 10.1. The van der Waals surface area contributed by atoms with E-state index in [1.165, 1.54) is 47.7 Å². The minimum absolute atomic E-state index is 0.00931. The first kappa shape index (κ1) is 17.8. The molecule has 0 spiro atoms. The molecule has 28 heavy (non-hydrogen) atoms. The first-order chi connectivity index (χ1) is 13.4. The largest absolute Gasteiger partial charge is 0.321 e. The Hall–Kier alpha value is -3.59. The van der Waals surface area contributed by atoms with E-state index in [0.29, 0.717) is 32.5 Å². The number of hydrogen-bond donors (Lipinski definition) is 1. The van der Waals surface area contributed by atoms with Crippen LogP contribution < -0.4 is 5.32 Å². The van der Waals surface area contributed by atoms with Crippen LogP contribution in [0, 0.1) is 22.9 Å². The van der Waals surface area contributed by atoms with Gasteiger partial charge in [-0.2, -0.15) is 0 Å². The third-order valence-electron chi connectivity index (χ3n) is 4.22. The van der Waals surface area contributed by atoms with Crippen LogP contribution in [0.3, 0.4) is 0 Å². The number of thiazole rings is 1. The molecular weight excluding hydrogens is 383 g/mol. The average Bonchev–Trinajstić information content (AvgIpc) is 3.23. The van der Waals surface area contributed by atoms with Crippen LogP contribution >= 0.6 is 11.3 Å². The van der Waals surface area contributed by atoms with Crippen molar-refractivity contribution in [2.45, 2.75) is 6.92 Å². The van der Waals surface area contributed by atoms with Gasteiger partial charge in [-0.25, -0.2) is 9.37 Å². The Morgan fingerprint density at radius 1 is 1.25 bits per heavy atom. The number of nitrogens with zero attached hydrogens (tertiary/aromatic N) is 3. The van der Waals surface area contributed by atoms with Crippen molar-refractivity contribution in [2.24, 2.45) is 0 Å². The summed E-state index contributed by atoms with van der Waals surface area (Å²) < 4.78 is 14.8. The van der Waals surface area contributed by atoms with Crippen LogP contribution in [0.5, 0.6) is 0 Å². The highest BCUT2D eigenvalue weighted by molar-refractivity contribution is 7.19. The second-order valence-electron chi connectivity index (χ2n) is 6.06. The fraction of sp³-hybridized carbons (Fsp3) is 0.0526. The predicted octanol–water partition coefficient (Wildman–Crippen LogP) is 4.67. The zero-order valence-corrected chi connectivity index (χ0v) is 15.4. The second-order valence-corrected chi connectivity index (χ2v) is 7.04. The summed E-state index contributed by atoms with van der Waals surface area (Å²) in [5.41, 5.74) is 2.40. The van der Waals surface area contributed by atoms with E-state index in [1.807, 2.05) is 0 Å². The maximum atomic E-state index is 13.0. The van der Waals surface area contributed by atoms with Crippen LogP contribution in [0.1, 0.15) is 15.4 Å². The fourth-order valence-electron chi connectivity index (χ4n) is 2.80. The molecular formula is C19H13FN4O3S. The van der Waals surface area contributed by atoms with Gasteiger partial charge in [-0.1, -0.05) is 23.5 Å². The number of rotatable bonds is 4. The molecule has 7 nitrogen and oxygen atoms in total. The molecule has 0 saturated heterocycles. The lowest BCUT2D eigenvalue weighted by Gasteiger charge is -2.04. The number of anilines is 1. The molecule has 1 N–H and O–H groups in total. The summed E-state index contributed by atoms with van der Waals surface area (Å²) in [5, 5.41) is 13.7. The number of nitro groups is 1. The average molecular weight is 396 g/mol. The number of carbonyl (C=O) groups is 1. The summed E-state index contributed by atoms with van der Waals surface area (Å²) in [4.78, 5) is 28.6. The molecule has 0 aliphatic rings. The van der Waals surface area contributed by atoms with Gasteiger partial charge in [0.25, 0.3) is 11.6 Å². The highest BCUT2D eigenvalue weighted by atomic mass is 32.1. The number of carbonyl (C=O) groups excluding carboxylic acids is 1. The van der Waals surface area contributed by atoms with Crippen LogP contribution in [0.2, 0.25) is 0 Å². The lowest BCUT2D eigenvalue weighted by molar-refractivity contribution is -0.384. The van der Waals surface area contributed by atoms with Crippen LogP contribution in [-0.4, -0.2) is 20.2 Å². The number of halogens is 1. The topological polar surface area (TPSA) is 89.5 Å². The number of hydrogen-bond acceptors (Lipinski definition) is 5. The highest BCUT2D eigenvalue weighted by Crippen LogP contribution is 2.29. The molecule has 9 heteroatoms. The van der Waals surface area contributed by atoms with E-state index in [1.54, 1.807) is 29.7 Å². The maximum Gasteiger partial charge on any atom is 0.270 e. The van der Waals surface area contributed by atoms with Gasteiger partial charge in [0, 0.05) is 35.3 Å². The van der Waals surface area contributed by atoms with Gasteiger partial charge in [0.05, 0.1) is 10.6 Å². The molecule has 0 aliphatic carbocycles. The number of amides is 1. The third kappa shape index (κ3) is 3.23. The number of non-ortho nitro benzene ring substituents is 1. The molecule has 0 fully saturated rings. The quantitative estimate of drug-likeness (QED) is 0.401. The Morgan fingerprint density at radius 3 is 2.68 bits per heavy atom. The third-order valence-corrected chi connectivity index (χ3v) is 5.37. The fourth-order valence-corrected chi connectivity index (χ4v) is 3.80. The van der Waals surface area contributed by atoms with Gasteiger partial charge in [0.2, 0.25) is 0 Å². The van der Waals surface area contributed by atoms with E-state index in [-0.39, 0.29) is 17.4 Å². The number of aryl methyl sites for hydroxylation is 1. The molecule has 0 saturated carbocycles. The van der Waals surface area contributed by atoms with Gasteiger partial charge in [0.15, 0.2) is 4.96 Å². The molecule has 1 amide bonds. The standard InChI is InChI=1S/C19H13FN4O3S/c1-11-17(18(25)21-14-7-5-13(20)6-8-14)28-19-22-16(10-23(11)19)12-3-2-4-15(9-12)24(26)27/h2-10H,1H3,(H,21,25). The first-order valence-electron chi connectivity index (χ1n) is 8.22. The van der Waals surface area contributed by atoms with E-state index in [2.05, 4.69) is 10.3 Å². The van der Waals surface area contributed by atoms with E-state index in [0.717, 1.165) is 0 Å². The van der Waals surface area contributed by atoms with E-state index in [9.17, 15) is 19.3 Å². The smallest absolute Gasteiger partial charge is 0.270 e. The summed E-state index contributed by atoms with van der Waals surface area (Å²) in [6, 6.07) is 11.8. The van der Waals surface area contributed by atoms with Crippen molar-refractivity contribution < 1.29 is 14.1 Å². The summed E-state index contributed by atoms with van der Waals surface area (Å²) in [6.45, 7) is 1.79. The zero-order chi connectivity index (χ0) is 19.8. The number of imidazole rings is 1. The Bertz CT molecular complexity index is 1210. The molecule has 0 radical (unpaired) electrons. The maximum absolute atomic E-state index is 13.0. The van der Waals surface area contributed by atoms with Crippen molar-refractivity contribution in [1.82, 2.24) is 9.38 Å². The molecule has 0 atom stereocenters. The molecule has 2 aromatic heterocycles. The molecule has 2 heterocycles. The van der Waals surface area contributed by atoms with Crippen LogP contribution in [-0.2, 0) is 0 Å². The Morgan fingerprint density at radius 2 is 2.00 bits per heavy atom. The van der Waals surface area contributed by atoms with E-state index < -0.39 is 4.92 Å². The lowest BCUT2D eigenvalue weighted by Crippen LogP contribution is -2.11. The molecule has 140 valence electrons. The number of aromatic nitrogens is 2. The van der Waals surface area contributed by atoms with Crippen molar-refractivity contribution in [3.63, 3.8) is 0 Å². The van der Waals surface area contributed by atoms with Crippen molar-refractivity contribution in [1.29, 1.82) is 0 Å². The number of nitro benzene ring substituents is 1. The minimum Gasteiger partial charge on any atom is -0.321 e. The molecule has 2 aromatic carbocycles. The second kappa shape index (κ2) is 6.86. The SMILES string of the molecule is Cc1c(C(=O)Nc2ccc(F)cc2)sc2nc(-c3cccc([N+](=O)[O-])c3)cn12. The van der Waals surface area contributed by atoms with E-state index >= 15 is 0 Å². The van der Waals surface area contributed by atoms with Crippen molar-refractivity contribution in [3.8, 4) is 11.3 Å². The molecule has 4 aromatic rings. The molecule has 0 bridgehead atoms. The van der Waals surface area contributed by atoms with Gasteiger partial charge < -0.3 is 5.32 Å². The molecule has 4 rings (SSSR count). The van der Waals surface area contributed by atoms with Crippen molar-refractivity contribution in [3.05, 3.63) is 81.2 Å². The molecule has 0 aliphatic heterocycles. The summed E-state index contributed by atoms with van der Waals surface area (Å²) in [6.07, 6.45) is 1.74. The monoisotopic (exact) mass is 396 g/mol. The minimum atomic E-state index is -0.453. The normalized spacial score (nSPS) is 10.9. The summed E-state index contributed by atoms with van der Waals surface area (Å²) in [7, 11) is 0. The predicted molar refractivity (Wildman–Crippen MR) is 104 cm³/mol. The van der Waals surface area contributed by atoms with Gasteiger partial charge in [-0.15, -0.1) is 0 Å². The number of benzene rings is 2. The zero-order valence-electron chi connectivity index (χ0n) is 14.5. The Kier molecular flexibility index (Phi) is 4.36. The Labute approximate surface area is 162 Å². The van der Waals surface area contributed by atoms with Crippen molar-refractivity contribution in [2.75, 3.05) is 5.32 Å². The van der Waals surface area contributed by atoms with Crippen LogP contribution in [0.25, 0.3) is 16.2 Å². The van der Waals surface area contributed by atoms with Crippen LogP contribution in [0.15, 0.2) is 54.7 Å². The summed E-state index contributed by atoms with van der Waals surface area (Å²) in [5.74, 6) is -0.686. The van der Waals surface area contributed by atoms with Gasteiger partial charge in [0.1, 0.15) is 10.7 Å².